The van der Waals surface area contributed by atoms with Crippen LogP contribution in [0, 0.1) is 0 Å². The van der Waals surface area contributed by atoms with Crippen LogP contribution < -0.4 is 10.2 Å². The summed E-state index contributed by atoms with van der Waals surface area (Å²) < 4.78 is 0. The van der Waals surface area contributed by atoms with Crippen LogP contribution in [0.3, 0.4) is 0 Å². The Morgan fingerprint density at radius 1 is 1.38 bits per heavy atom. The first-order valence-electron chi connectivity index (χ1n) is 6.37. The summed E-state index contributed by atoms with van der Waals surface area (Å²) >= 11 is 0. The zero-order chi connectivity index (χ0) is 11.4. The summed E-state index contributed by atoms with van der Waals surface area (Å²) in [6.07, 6.45) is 2.41. The molecular weight excluding hydrogens is 196 g/mol. The van der Waals surface area contributed by atoms with Crippen LogP contribution >= 0.6 is 0 Å². The van der Waals surface area contributed by atoms with E-state index in [4.69, 9.17) is 0 Å². The molecule has 0 spiro atoms. The molecule has 2 nitrogen and oxygen atoms in total. The number of anilines is 1. The van der Waals surface area contributed by atoms with Gasteiger partial charge in [-0.15, -0.1) is 0 Å². The fraction of sp³-hybridized carbons (Fsp3) is 0.571. The van der Waals surface area contributed by atoms with Gasteiger partial charge in [0.15, 0.2) is 0 Å². The normalized spacial score (nSPS) is 16.2. The molecule has 1 N–H and O–H groups in total. The lowest BCUT2D eigenvalue weighted by molar-refractivity contribution is 0.538. The summed E-state index contributed by atoms with van der Waals surface area (Å²) in [4.78, 5) is 2.50. The van der Waals surface area contributed by atoms with Gasteiger partial charge in [-0.05, 0) is 37.9 Å². The first kappa shape index (κ1) is 11.5. The second-order valence-electron chi connectivity index (χ2n) is 4.68. The summed E-state index contributed by atoms with van der Waals surface area (Å²) in [5.41, 5.74) is 2.94. The second kappa shape index (κ2) is 5.35. The third kappa shape index (κ3) is 2.56. The van der Waals surface area contributed by atoms with E-state index in [0.29, 0.717) is 6.04 Å². The molecule has 0 saturated carbocycles. The SMILES string of the molecule is CCCNC(C)CN1CCc2ccccc21. The van der Waals surface area contributed by atoms with Crippen LogP contribution in [-0.4, -0.2) is 25.7 Å². The fourth-order valence-electron chi connectivity index (χ4n) is 2.38. The maximum Gasteiger partial charge on any atom is 0.0400 e. The van der Waals surface area contributed by atoms with Gasteiger partial charge in [-0.25, -0.2) is 0 Å². The van der Waals surface area contributed by atoms with Gasteiger partial charge < -0.3 is 10.2 Å². The molecular formula is C14H22N2. The molecule has 2 heteroatoms. The van der Waals surface area contributed by atoms with Crippen LogP contribution in [0.2, 0.25) is 0 Å². The maximum atomic E-state index is 3.55. The minimum atomic E-state index is 0.575. The molecule has 1 aliphatic heterocycles. The van der Waals surface area contributed by atoms with E-state index in [0.717, 1.165) is 13.1 Å². The number of fused-ring (bicyclic) bond motifs is 1. The lowest BCUT2D eigenvalue weighted by Crippen LogP contribution is -2.38. The van der Waals surface area contributed by atoms with E-state index in [1.165, 1.54) is 30.6 Å². The van der Waals surface area contributed by atoms with Gasteiger partial charge in [-0.1, -0.05) is 25.1 Å². The Labute approximate surface area is 98.7 Å². The van der Waals surface area contributed by atoms with E-state index in [9.17, 15) is 0 Å². The van der Waals surface area contributed by atoms with Crippen molar-refractivity contribution in [3.63, 3.8) is 0 Å². The highest BCUT2D eigenvalue weighted by atomic mass is 15.2. The molecule has 1 aromatic carbocycles. The maximum absolute atomic E-state index is 3.55. The zero-order valence-corrected chi connectivity index (χ0v) is 10.4. The van der Waals surface area contributed by atoms with Crippen LogP contribution in [0.1, 0.15) is 25.8 Å². The van der Waals surface area contributed by atoms with Gasteiger partial charge in [0.1, 0.15) is 0 Å². The van der Waals surface area contributed by atoms with Crippen molar-refractivity contribution in [2.75, 3.05) is 24.5 Å². The van der Waals surface area contributed by atoms with Crippen LogP contribution in [0.25, 0.3) is 0 Å². The van der Waals surface area contributed by atoms with Crippen LogP contribution in [-0.2, 0) is 6.42 Å². The van der Waals surface area contributed by atoms with Crippen molar-refractivity contribution in [2.24, 2.45) is 0 Å². The molecule has 0 amide bonds. The number of hydrogen-bond acceptors (Lipinski definition) is 2. The predicted octanol–water partition coefficient (Wildman–Crippen LogP) is 2.44. The molecule has 2 rings (SSSR count). The highest BCUT2D eigenvalue weighted by Gasteiger charge is 2.19. The number of nitrogens with zero attached hydrogens (tertiary/aromatic N) is 1. The van der Waals surface area contributed by atoms with Crippen molar-refractivity contribution in [3.8, 4) is 0 Å². The molecule has 0 aromatic heterocycles. The average Bonchev–Trinajstić information content (AvgIpc) is 2.70. The zero-order valence-electron chi connectivity index (χ0n) is 10.4. The summed E-state index contributed by atoms with van der Waals surface area (Å²) in [5, 5.41) is 3.55. The summed E-state index contributed by atoms with van der Waals surface area (Å²) in [6, 6.07) is 9.35. The molecule has 0 bridgehead atoms. The highest BCUT2D eigenvalue weighted by Crippen LogP contribution is 2.27. The van der Waals surface area contributed by atoms with Gasteiger partial charge >= 0.3 is 0 Å². The van der Waals surface area contributed by atoms with Crippen LogP contribution in [0.15, 0.2) is 24.3 Å². The predicted molar refractivity (Wildman–Crippen MR) is 70.1 cm³/mol. The smallest absolute Gasteiger partial charge is 0.0400 e. The van der Waals surface area contributed by atoms with Gasteiger partial charge in [0.2, 0.25) is 0 Å². The number of hydrogen-bond donors (Lipinski definition) is 1. The van der Waals surface area contributed by atoms with E-state index in [1.807, 2.05) is 0 Å². The average molecular weight is 218 g/mol. The molecule has 16 heavy (non-hydrogen) atoms. The summed E-state index contributed by atoms with van der Waals surface area (Å²) in [6.45, 7) is 7.91. The van der Waals surface area contributed by atoms with Crippen molar-refractivity contribution in [1.82, 2.24) is 5.32 Å². The topological polar surface area (TPSA) is 15.3 Å². The van der Waals surface area contributed by atoms with Gasteiger partial charge in [0.05, 0.1) is 0 Å². The van der Waals surface area contributed by atoms with Crippen molar-refractivity contribution >= 4 is 5.69 Å². The molecule has 0 radical (unpaired) electrons. The molecule has 1 heterocycles. The van der Waals surface area contributed by atoms with E-state index in [2.05, 4.69) is 48.3 Å². The Morgan fingerprint density at radius 3 is 3.00 bits per heavy atom. The van der Waals surface area contributed by atoms with Crippen molar-refractivity contribution in [3.05, 3.63) is 29.8 Å². The Morgan fingerprint density at radius 2 is 2.19 bits per heavy atom. The van der Waals surface area contributed by atoms with E-state index in [1.54, 1.807) is 0 Å². The highest BCUT2D eigenvalue weighted by molar-refractivity contribution is 5.57. The van der Waals surface area contributed by atoms with Gasteiger partial charge in [-0.2, -0.15) is 0 Å². The summed E-state index contributed by atoms with van der Waals surface area (Å²) in [5.74, 6) is 0. The monoisotopic (exact) mass is 218 g/mol. The molecule has 0 fully saturated rings. The number of nitrogens with one attached hydrogen (secondary N) is 1. The number of rotatable bonds is 5. The van der Waals surface area contributed by atoms with Crippen molar-refractivity contribution in [2.45, 2.75) is 32.7 Å². The molecule has 88 valence electrons. The Hall–Kier alpha value is -1.02. The number of para-hydroxylation sites is 1. The van der Waals surface area contributed by atoms with Crippen LogP contribution in [0.5, 0.6) is 0 Å². The minimum Gasteiger partial charge on any atom is -0.369 e. The number of benzene rings is 1. The molecule has 1 unspecified atom stereocenters. The lowest BCUT2D eigenvalue weighted by atomic mass is 10.2. The van der Waals surface area contributed by atoms with E-state index in [-0.39, 0.29) is 0 Å². The lowest BCUT2D eigenvalue weighted by Gasteiger charge is -2.24. The standard InChI is InChI=1S/C14H22N2/c1-3-9-15-12(2)11-16-10-8-13-6-4-5-7-14(13)16/h4-7,12,15H,3,8-11H2,1-2H3. The van der Waals surface area contributed by atoms with Crippen LogP contribution in [0.4, 0.5) is 5.69 Å². The van der Waals surface area contributed by atoms with Crippen molar-refractivity contribution < 1.29 is 0 Å². The Bertz CT molecular complexity index is 335. The first-order chi connectivity index (χ1) is 7.81. The minimum absolute atomic E-state index is 0.575. The Balaban J connectivity index is 1.92. The molecule has 0 saturated heterocycles. The first-order valence-corrected chi connectivity index (χ1v) is 6.37. The Kier molecular flexibility index (Phi) is 3.83. The molecule has 1 atom stereocenters. The van der Waals surface area contributed by atoms with Gasteiger partial charge in [0, 0.05) is 24.8 Å². The summed E-state index contributed by atoms with van der Waals surface area (Å²) in [7, 11) is 0. The molecule has 1 aromatic rings. The van der Waals surface area contributed by atoms with Crippen molar-refractivity contribution in [1.29, 1.82) is 0 Å². The third-order valence-corrected chi connectivity index (χ3v) is 3.22. The fourth-order valence-corrected chi connectivity index (χ4v) is 2.38. The largest absolute Gasteiger partial charge is 0.369 e. The van der Waals surface area contributed by atoms with Gasteiger partial charge in [-0.3, -0.25) is 0 Å². The van der Waals surface area contributed by atoms with Gasteiger partial charge in [0.25, 0.3) is 0 Å². The quantitative estimate of drug-likeness (QED) is 0.816. The second-order valence-corrected chi connectivity index (χ2v) is 4.68. The molecule has 0 aliphatic carbocycles. The van der Waals surface area contributed by atoms with E-state index >= 15 is 0 Å². The molecule has 1 aliphatic rings. The van der Waals surface area contributed by atoms with E-state index < -0.39 is 0 Å². The third-order valence-electron chi connectivity index (χ3n) is 3.22.